The first-order valence-corrected chi connectivity index (χ1v) is 4.65. The van der Waals surface area contributed by atoms with Gasteiger partial charge in [-0.25, -0.2) is 0 Å². The molecule has 0 saturated carbocycles. The van der Waals surface area contributed by atoms with Crippen molar-refractivity contribution in [2.75, 3.05) is 26.9 Å². The summed E-state index contributed by atoms with van der Waals surface area (Å²) in [7, 11) is 1.70. The predicted octanol–water partition coefficient (Wildman–Crippen LogP) is 1.17. The second-order valence-corrected chi connectivity index (χ2v) is 2.86. The van der Waals surface area contributed by atoms with Crippen molar-refractivity contribution < 1.29 is 9.47 Å². The van der Waals surface area contributed by atoms with Gasteiger partial charge in [0.2, 0.25) is 0 Å². The van der Waals surface area contributed by atoms with Gasteiger partial charge in [-0.15, -0.1) is 0 Å². The molecule has 0 spiro atoms. The van der Waals surface area contributed by atoms with E-state index in [1.165, 1.54) is 0 Å². The summed E-state index contributed by atoms with van der Waals surface area (Å²) in [6, 6.07) is 0. The normalized spacial score (nSPS) is 13.2. The molecule has 0 saturated heterocycles. The summed E-state index contributed by atoms with van der Waals surface area (Å²) < 4.78 is 10.4. The molecule has 0 heterocycles. The Balaban J connectivity index is 3.19. The lowest BCUT2D eigenvalue weighted by Gasteiger charge is -2.14. The number of hydrogen-bond acceptors (Lipinski definition) is 3. The Morgan fingerprint density at radius 2 is 2.08 bits per heavy atom. The number of hydrogen-bond donors (Lipinski definition) is 1. The van der Waals surface area contributed by atoms with Crippen molar-refractivity contribution in [3.05, 3.63) is 0 Å². The van der Waals surface area contributed by atoms with E-state index in [9.17, 15) is 0 Å². The molecule has 1 atom stereocenters. The molecule has 0 aromatic carbocycles. The molecular formula is C9H21NO2. The Kier molecular flexibility index (Phi) is 8.88. The van der Waals surface area contributed by atoms with Crippen LogP contribution in [0.1, 0.15) is 26.2 Å². The summed E-state index contributed by atoms with van der Waals surface area (Å²) >= 11 is 0. The molecule has 0 aliphatic heterocycles. The van der Waals surface area contributed by atoms with Gasteiger partial charge in [0.1, 0.15) is 0 Å². The molecule has 1 unspecified atom stereocenters. The first-order valence-electron chi connectivity index (χ1n) is 4.65. The summed E-state index contributed by atoms with van der Waals surface area (Å²) in [5.74, 6) is 0. The van der Waals surface area contributed by atoms with Gasteiger partial charge < -0.3 is 15.2 Å². The third-order valence-corrected chi connectivity index (χ3v) is 1.72. The summed E-state index contributed by atoms with van der Waals surface area (Å²) in [6.07, 6.45) is 3.39. The molecule has 0 aromatic rings. The van der Waals surface area contributed by atoms with E-state index in [-0.39, 0.29) is 6.10 Å². The highest BCUT2D eigenvalue weighted by Gasteiger charge is 2.03. The van der Waals surface area contributed by atoms with E-state index in [4.69, 9.17) is 15.2 Å². The molecule has 0 aliphatic rings. The summed E-state index contributed by atoms with van der Waals surface area (Å²) in [5, 5.41) is 0. The first-order chi connectivity index (χ1) is 5.85. The van der Waals surface area contributed by atoms with E-state index in [1.54, 1.807) is 7.11 Å². The van der Waals surface area contributed by atoms with Crippen molar-refractivity contribution in [3.8, 4) is 0 Å². The SMILES string of the molecule is CCCC(CN)OCCCOC. The molecule has 12 heavy (non-hydrogen) atoms. The van der Waals surface area contributed by atoms with Crippen LogP contribution in [0, 0.1) is 0 Å². The van der Waals surface area contributed by atoms with Gasteiger partial charge in [0, 0.05) is 26.9 Å². The van der Waals surface area contributed by atoms with Crippen LogP contribution in [0.3, 0.4) is 0 Å². The Morgan fingerprint density at radius 1 is 1.33 bits per heavy atom. The maximum atomic E-state index is 5.53. The number of methoxy groups -OCH3 is 1. The van der Waals surface area contributed by atoms with E-state index < -0.39 is 0 Å². The predicted molar refractivity (Wildman–Crippen MR) is 50.2 cm³/mol. The minimum atomic E-state index is 0.242. The summed E-state index contributed by atoms with van der Waals surface area (Å²) in [4.78, 5) is 0. The standard InChI is InChI=1S/C9H21NO2/c1-3-5-9(8-10)12-7-4-6-11-2/h9H,3-8,10H2,1-2H3. The van der Waals surface area contributed by atoms with Gasteiger partial charge in [-0.3, -0.25) is 0 Å². The van der Waals surface area contributed by atoms with Crippen LogP contribution in [-0.2, 0) is 9.47 Å². The largest absolute Gasteiger partial charge is 0.385 e. The molecule has 2 N–H and O–H groups in total. The summed E-state index contributed by atoms with van der Waals surface area (Å²) in [5.41, 5.74) is 5.52. The van der Waals surface area contributed by atoms with Crippen LogP contribution in [0.5, 0.6) is 0 Å². The van der Waals surface area contributed by atoms with Crippen LogP contribution in [0.15, 0.2) is 0 Å². The lowest BCUT2D eigenvalue weighted by atomic mass is 10.2. The zero-order valence-corrected chi connectivity index (χ0v) is 8.21. The molecule has 0 radical (unpaired) electrons. The molecular weight excluding hydrogens is 154 g/mol. The van der Waals surface area contributed by atoms with Gasteiger partial charge in [0.25, 0.3) is 0 Å². The molecule has 0 fully saturated rings. The lowest BCUT2D eigenvalue weighted by molar-refractivity contribution is 0.0394. The molecule has 3 heteroatoms. The van der Waals surface area contributed by atoms with Crippen LogP contribution >= 0.6 is 0 Å². The maximum absolute atomic E-state index is 5.53. The van der Waals surface area contributed by atoms with E-state index in [0.717, 1.165) is 32.5 Å². The fourth-order valence-electron chi connectivity index (χ4n) is 1.04. The van der Waals surface area contributed by atoms with Crippen LogP contribution in [0.2, 0.25) is 0 Å². The van der Waals surface area contributed by atoms with E-state index >= 15 is 0 Å². The van der Waals surface area contributed by atoms with E-state index in [1.807, 2.05) is 0 Å². The zero-order valence-electron chi connectivity index (χ0n) is 8.21. The molecule has 0 bridgehead atoms. The second kappa shape index (κ2) is 8.97. The van der Waals surface area contributed by atoms with Crippen molar-refractivity contribution in [2.24, 2.45) is 5.73 Å². The number of nitrogens with two attached hydrogens (primary N) is 1. The molecule has 0 amide bonds. The van der Waals surface area contributed by atoms with Gasteiger partial charge in [-0.2, -0.15) is 0 Å². The van der Waals surface area contributed by atoms with Gasteiger partial charge in [-0.1, -0.05) is 13.3 Å². The molecule has 0 aromatic heterocycles. The number of ether oxygens (including phenoxy) is 2. The van der Waals surface area contributed by atoms with Gasteiger partial charge in [0.15, 0.2) is 0 Å². The average molecular weight is 175 g/mol. The Labute approximate surface area is 75.2 Å². The minimum Gasteiger partial charge on any atom is -0.385 e. The van der Waals surface area contributed by atoms with Crippen molar-refractivity contribution >= 4 is 0 Å². The Bertz CT molecular complexity index is 88.6. The van der Waals surface area contributed by atoms with E-state index in [2.05, 4.69) is 6.92 Å². The monoisotopic (exact) mass is 175 g/mol. The quantitative estimate of drug-likeness (QED) is 0.563. The van der Waals surface area contributed by atoms with Crippen LogP contribution in [-0.4, -0.2) is 33.0 Å². The topological polar surface area (TPSA) is 44.5 Å². The molecule has 0 rings (SSSR count). The first kappa shape index (κ1) is 11.9. The average Bonchev–Trinajstić information content (AvgIpc) is 2.10. The maximum Gasteiger partial charge on any atom is 0.0697 e. The van der Waals surface area contributed by atoms with Crippen molar-refractivity contribution in [2.45, 2.75) is 32.3 Å². The third-order valence-electron chi connectivity index (χ3n) is 1.72. The lowest BCUT2D eigenvalue weighted by Crippen LogP contribution is -2.24. The van der Waals surface area contributed by atoms with E-state index in [0.29, 0.717) is 6.54 Å². The smallest absolute Gasteiger partial charge is 0.0697 e. The fraction of sp³-hybridized carbons (Fsp3) is 1.00. The van der Waals surface area contributed by atoms with Gasteiger partial charge in [0.05, 0.1) is 6.10 Å². The van der Waals surface area contributed by atoms with Crippen molar-refractivity contribution in [1.82, 2.24) is 0 Å². The van der Waals surface area contributed by atoms with Crippen molar-refractivity contribution in [1.29, 1.82) is 0 Å². The van der Waals surface area contributed by atoms with Crippen molar-refractivity contribution in [3.63, 3.8) is 0 Å². The zero-order chi connectivity index (χ0) is 9.23. The summed E-state index contributed by atoms with van der Waals surface area (Å²) in [6.45, 7) is 4.29. The van der Waals surface area contributed by atoms with Crippen LogP contribution < -0.4 is 5.73 Å². The molecule has 74 valence electrons. The van der Waals surface area contributed by atoms with Gasteiger partial charge >= 0.3 is 0 Å². The second-order valence-electron chi connectivity index (χ2n) is 2.86. The fourth-order valence-corrected chi connectivity index (χ4v) is 1.04. The van der Waals surface area contributed by atoms with Crippen LogP contribution in [0.4, 0.5) is 0 Å². The number of rotatable bonds is 8. The van der Waals surface area contributed by atoms with Crippen LogP contribution in [0.25, 0.3) is 0 Å². The Hall–Kier alpha value is -0.120. The Morgan fingerprint density at radius 3 is 2.58 bits per heavy atom. The highest BCUT2D eigenvalue weighted by molar-refractivity contribution is 4.56. The van der Waals surface area contributed by atoms with Gasteiger partial charge in [-0.05, 0) is 12.8 Å². The highest BCUT2D eigenvalue weighted by Crippen LogP contribution is 2.00. The molecule has 0 aliphatic carbocycles. The third kappa shape index (κ3) is 6.58. The molecule has 3 nitrogen and oxygen atoms in total. The highest BCUT2D eigenvalue weighted by atomic mass is 16.5. The minimum absolute atomic E-state index is 0.242.